The van der Waals surface area contributed by atoms with Crippen LogP contribution in [0.1, 0.15) is 38.5 Å². The minimum atomic E-state index is -3.04. The van der Waals surface area contributed by atoms with E-state index in [4.69, 9.17) is 0 Å². The van der Waals surface area contributed by atoms with Crippen LogP contribution in [-0.2, 0) is 10.0 Å². The molecule has 108 valence electrons. The Kier molecular flexibility index (Phi) is 6.92. The second-order valence-electron chi connectivity index (χ2n) is 5.49. The van der Waals surface area contributed by atoms with Crippen LogP contribution >= 0.6 is 12.4 Å². The number of nitrogens with one attached hydrogen (secondary N) is 2. The molecule has 0 bridgehead atoms. The lowest BCUT2D eigenvalue weighted by Gasteiger charge is -2.23. The molecule has 1 atom stereocenters. The first-order chi connectivity index (χ1) is 8.16. The highest BCUT2D eigenvalue weighted by atomic mass is 35.5. The molecule has 2 rings (SSSR count). The molecule has 0 amide bonds. The first kappa shape index (κ1) is 16.2. The Morgan fingerprint density at radius 1 is 1.06 bits per heavy atom. The van der Waals surface area contributed by atoms with E-state index in [0.29, 0.717) is 24.1 Å². The van der Waals surface area contributed by atoms with Gasteiger partial charge in [-0.25, -0.2) is 13.1 Å². The van der Waals surface area contributed by atoms with Crippen LogP contribution in [0.3, 0.4) is 0 Å². The molecule has 0 aromatic carbocycles. The van der Waals surface area contributed by atoms with E-state index < -0.39 is 10.0 Å². The molecular formula is C12H25ClN2O2S. The Morgan fingerprint density at radius 3 is 2.33 bits per heavy atom. The van der Waals surface area contributed by atoms with Gasteiger partial charge in [-0.2, -0.15) is 0 Å². The maximum atomic E-state index is 11.9. The summed E-state index contributed by atoms with van der Waals surface area (Å²) in [5.74, 6) is 1.21. The van der Waals surface area contributed by atoms with Gasteiger partial charge in [-0.15, -0.1) is 12.4 Å². The van der Waals surface area contributed by atoms with Gasteiger partial charge in [0.25, 0.3) is 0 Å². The molecule has 0 aromatic heterocycles. The third kappa shape index (κ3) is 5.43. The summed E-state index contributed by atoms with van der Waals surface area (Å²) in [4.78, 5) is 0. The average Bonchev–Trinajstić information content (AvgIpc) is 2.80. The van der Waals surface area contributed by atoms with Crippen LogP contribution in [0.5, 0.6) is 0 Å². The summed E-state index contributed by atoms with van der Waals surface area (Å²) in [6.45, 7) is 2.64. The minimum absolute atomic E-state index is 0. The third-order valence-corrected chi connectivity index (χ3v) is 5.44. The van der Waals surface area contributed by atoms with Crippen LogP contribution in [0.4, 0.5) is 0 Å². The molecule has 2 N–H and O–H groups in total. The largest absolute Gasteiger partial charge is 0.316 e. The van der Waals surface area contributed by atoms with Gasteiger partial charge in [0.15, 0.2) is 0 Å². The van der Waals surface area contributed by atoms with Crippen LogP contribution in [0.2, 0.25) is 0 Å². The summed E-state index contributed by atoms with van der Waals surface area (Å²) >= 11 is 0. The molecule has 6 heteroatoms. The Bertz CT molecular complexity index is 323. The minimum Gasteiger partial charge on any atom is -0.316 e. The molecule has 0 spiro atoms. The zero-order chi connectivity index (χ0) is 12.1. The quantitative estimate of drug-likeness (QED) is 0.809. The number of piperidine rings is 1. The van der Waals surface area contributed by atoms with E-state index in [-0.39, 0.29) is 12.4 Å². The van der Waals surface area contributed by atoms with E-state index in [9.17, 15) is 8.42 Å². The lowest BCUT2D eigenvalue weighted by molar-refractivity contribution is 0.375. The smallest absolute Gasteiger partial charge is 0.211 e. The van der Waals surface area contributed by atoms with Crippen molar-refractivity contribution in [2.24, 2.45) is 11.8 Å². The Hall–Kier alpha value is 0.160. The summed E-state index contributed by atoms with van der Waals surface area (Å²) < 4.78 is 26.6. The van der Waals surface area contributed by atoms with E-state index in [1.54, 1.807) is 0 Å². The number of sulfonamides is 1. The van der Waals surface area contributed by atoms with Crippen molar-refractivity contribution >= 4 is 22.4 Å². The fourth-order valence-corrected chi connectivity index (χ4v) is 4.45. The SMILES string of the molecule is Cl.O=S(=O)(CC1CCCC1)NCC1CCCNC1. The second-order valence-corrected chi connectivity index (χ2v) is 7.34. The van der Waals surface area contributed by atoms with Crippen LogP contribution in [0.15, 0.2) is 0 Å². The molecule has 1 saturated heterocycles. The number of hydrogen-bond acceptors (Lipinski definition) is 3. The Labute approximate surface area is 117 Å². The van der Waals surface area contributed by atoms with Gasteiger partial charge in [0.1, 0.15) is 0 Å². The van der Waals surface area contributed by atoms with Gasteiger partial charge in [-0.3, -0.25) is 0 Å². The van der Waals surface area contributed by atoms with Crippen molar-refractivity contribution in [1.29, 1.82) is 0 Å². The molecule has 2 fully saturated rings. The molecule has 1 heterocycles. The standard InChI is InChI=1S/C12H24N2O2S.ClH/c15-17(16,10-11-4-1-2-5-11)14-9-12-6-3-7-13-8-12;/h11-14H,1-10H2;1H. The molecule has 0 radical (unpaired) electrons. The summed E-state index contributed by atoms with van der Waals surface area (Å²) in [5.41, 5.74) is 0. The monoisotopic (exact) mass is 296 g/mol. The van der Waals surface area contributed by atoms with Gasteiger partial charge in [-0.1, -0.05) is 12.8 Å². The van der Waals surface area contributed by atoms with E-state index in [1.807, 2.05) is 0 Å². The van der Waals surface area contributed by atoms with Crippen LogP contribution in [-0.4, -0.2) is 33.8 Å². The van der Waals surface area contributed by atoms with Crippen LogP contribution < -0.4 is 10.0 Å². The summed E-state index contributed by atoms with van der Waals surface area (Å²) in [6.07, 6.45) is 6.88. The topological polar surface area (TPSA) is 58.2 Å². The zero-order valence-corrected chi connectivity index (χ0v) is 12.5. The molecule has 18 heavy (non-hydrogen) atoms. The summed E-state index contributed by atoms with van der Waals surface area (Å²) in [5, 5.41) is 3.31. The first-order valence-electron chi connectivity index (χ1n) is 6.84. The maximum Gasteiger partial charge on any atom is 0.211 e. The lowest BCUT2D eigenvalue weighted by atomic mass is 10.0. The third-order valence-electron chi connectivity index (χ3n) is 3.92. The lowest BCUT2D eigenvalue weighted by Crippen LogP contribution is -2.39. The second kappa shape index (κ2) is 7.68. The van der Waals surface area contributed by atoms with Crippen molar-refractivity contribution in [1.82, 2.24) is 10.0 Å². The highest BCUT2D eigenvalue weighted by molar-refractivity contribution is 7.89. The van der Waals surface area contributed by atoms with Gasteiger partial charge in [0, 0.05) is 6.54 Å². The van der Waals surface area contributed by atoms with E-state index >= 15 is 0 Å². The van der Waals surface area contributed by atoms with Gasteiger partial charge in [0.2, 0.25) is 10.0 Å². The van der Waals surface area contributed by atoms with Crippen molar-refractivity contribution in [2.45, 2.75) is 38.5 Å². The van der Waals surface area contributed by atoms with E-state index in [0.717, 1.165) is 38.8 Å². The molecular weight excluding hydrogens is 272 g/mol. The highest BCUT2D eigenvalue weighted by Gasteiger charge is 2.23. The van der Waals surface area contributed by atoms with Gasteiger partial charge in [-0.05, 0) is 50.6 Å². The van der Waals surface area contributed by atoms with Crippen molar-refractivity contribution in [3.05, 3.63) is 0 Å². The van der Waals surface area contributed by atoms with Crippen molar-refractivity contribution in [3.8, 4) is 0 Å². The average molecular weight is 297 g/mol. The first-order valence-corrected chi connectivity index (χ1v) is 8.49. The Morgan fingerprint density at radius 2 is 1.72 bits per heavy atom. The fourth-order valence-electron chi connectivity index (χ4n) is 2.89. The predicted octanol–water partition coefficient (Wildman–Crippen LogP) is 1.52. The van der Waals surface area contributed by atoms with Crippen LogP contribution in [0.25, 0.3) is 0 Å². The molecule has 2 aliphatic rings. The summed E-state index contributed by atoms with van der Waals surface area (Å²) in [6, 6.07) is 0. The van der Waals surface area contributed by atoms with Gasteiger partial charge >= 0.3 is 0 Å². The fraction of sp³-hybridized carbons (Fsp3) is 1.00. The molecule has 1 unspecified atom stereocenters. The zero-order valence-electron chi connectivity index (χ0n) is 10.9. The molecule has 4 nitrogen and oxygen atoms in total. The van der Waals surface area contributed by atoms with Gasteiger partial charge in [0.05, 0.1) is 5.75 Å². The van der Waals surface area contributed by atoms with Crippen LogP contribution in [0, 0.1) is 11.8 Å². The predicted molar refractivity (Wildman–Crippen MR) is 76.6 cm³/mol. The van der Waals surface area contributed by atoms with Crippen molar-refractivity contribution < 1.29 is 8.42 Å². The number of rotatable bonds is 5. The van der Waals surface area contributed by atoms with E-state index in [2.05, 4.69) is 10.0 Å². The molecule has 0 aromatic rings. The van der Waals surface area contributed by atoms with Crippen molar-refractivity contribution in [2.75, 3.05) is 25.4 Å². The maximum absolute atomic E-state index is 11.9. The summed E-state index contributed by atoms with van der Waals surface area (Å²) in [7, 11) is -3.04. The molecule has 1 aliphatic carbocycles. The normalized spacial score (nSPS) is 25.9. The van der Waals surface area contributed by atoms with Crippen molar-refractivity contribution in [3.63, 3.8) is 0 Å². The Balaban J connectivity index is 0.00000162. The van der Waals surface area contributed by atoms with E-state index in [1.165, 1.54) is 12.8 Å². The van der Waals surface area contributed by atoms with Gasteiger partial charge < -0.3 is 5.32 Å². The number of hydrogen-bond donors (Lipinski definition) is 2. The highest BCUT2D eigenvalue weighted by Crippen LogP contribution is 2.25. The molecule has 1 aliphatic heterocycles. The molecule has 1 saturated carbocycles. The number of halogens is 1.